The second-order valence-electron chi connectivity index (χ2n) is 5.97. The van der Waals surface area contributed by atoms with E-state index in [1.54, 1.807) is 18.3 Å². The van der Waals surface area contributed by atoms with Crippen molar-refractivity contribution < 1.29 is 9.26 Å². The predicted molar refractivity (Wildman–Crippen MR) is 98.5 cm³/mol. The Morgan fingerprint density at radius 1 is 1.19 bits per heavy atom. The lowest BCUT2D eigenvalue weighted by Crippen LogP contribution is -2.33. The topological polar surface area (TPSA) is 84.3 Å². The lowest BCUT2D eigenvalue weighted by molar-refractivity contribution is 0.196. The third kappa shape index (κ3) is 4.12. The summed E-state index contributed by atoms with van der Waals surface area (Å²) in [5.41, 5.74) is 3.39. The summed E-state index contributed by atoms with van der Waals surface area (Å²) >= 11 is 0. The molecular formula is C18H19ClN4O3. The van der Waals surface area contributed by atoms with Gasteiger partial charge in [-0.15, -0.1) is 12.4 Å². The van der Waals surface area contributed by atoms with Gasteiger partial charge in [0, 0.05) is 19.6 Å². The highest BCUT2D eigenvalue weighted by molar-refractivity contribution is 5.85. The summed E-state index contributed by atoms with van der Waals surface area (Å²) in [5, 5.41) is 3.60. The maximum Gasteiger partial charge on any atom is 0.439 e. The van der Waals surface area contributed by atoms with E-state index in [0.717, 1.165) is 26.1 Å². The van der Waals surface area contributed by atoms with Gasteiger partial charge in [0.2, 0.25) is 5.82 Å². The number of aromatic nitrogens is 3. The molecule has 3 aromatic rings. The van der Waals surface area contributed by atoms with Crippen molar-refractivity contribution in [3.8, 4) is 17.3 Å². The van der Waals surface area contributed by atoms with E-state index in [4.69, 9.17) is 4.74 Å². The largest absolute Gasteiger partial charge is 0.491 e. The molecule has 136 valence electrons. The Labute approximate surface area is 156 Å². The number of nitrogens with one attached hydrogen (secondary N) is 1. The maximum absolute atomic E-state index is 11.0. The number of benzene rings is 1. The van der Waals surface area contributed by atoms with Gasteiger partial charge in [-0.1, -0.05) is 29.4 Å². The monoisotopic (exact) mass is 374 g/mol. The van der Waals surface area contributed by atoms with Gasteiger partial charge < -0.3 is 4.74 Å². The minimum Gasteiger partial charge on any atom is -0.491 e. The smallest absolute Gasteiger partial charge is 0.439 e. The molecule has 26 heavy (non-hydrogen) atoms. The van der Waals surface area contributed by atoms with Crippen molar-refractivity contribution in [2.75, 3.05) is 19.7 Å². The van der Waals surface area contributed by atoms with Gasteiger partial charge >= 0.3 is 5.76 Å². The van der Waals surface area contributed by atoms with E-state index in [1.807, 2.05) is 0 Å². The van der Waals surface area contributed by atoms with Crippen LogP contribution in [0.3, 0.4) is 0 Å². The minimum atomic E-state index is -0.597. The lowest BCUT2D eigenvalue weighted by atomic mass is 10.0. The first-order chi connectivity index (χ1) is 12.3. The normalized spacial score (nSPS) is 13.7. The van der Waals surface area contributed by atoms with Crippen LogP contribution in [0.1, 0.15) is 11.1 Å². The van der Waals surface area contributed by atoms with Crippen molar-refractivity contribution in [1.29, 1.82) is 0 Å². The number of pyridine rings is 1. The van der Waals surface area contributed by atoms with Crippen molar-refractivity contribution in [1.82, 2.24) is 20.0 Å². The third-order valence-electron chi connectivity index (χ3n) is 4.31. The molecule has 0 spiro atoms. The second-order valence-corrected chi connectivity index (χ2v) is 5.97. The quantitative estimate of drug-likeness (QED) is 0.737. The van der Waals surface area contributed by atoms with Gasteiger partial charge in [-0.2, -0.15) is 0 Å². The highest BCUT2D eigenvalue weighted by Crippen LogP contribution is 2.19. The second kappa shape index (κ2) is 8.16. The Morgan fingerprint density at radius 2 is 2.04 bits per heavy atom. The SMILES string of the molecule is Cl.O=c1[nH]c(-c2ccc(OCCN3CCc4ccccc4C3)cn2)no1. The summed E-state index contributed by atoms with van der Waals surface area (Å²) in [7, 11) is 0. The van der Waals surface area contributed by atoms with Gasteiger partial charge in [0.25, 0.3) is 0 Å². The maximum atomic E-state index is 11.0. The molecule has 0 fully saturated rings. The van der Waals surface area contributed by atoms with Crippen LogP contribution in [0.4, 0.5) is 0 Å². The lowest BCUT2D eigenvalue weighted by Gasteiger charge is -2.28. The standard InChI is InChI=1S/C18H18N4O3.ClH/c23-18-20-17(21-25-18)16-6-5-15(11-19-16)24-10-9-22-8-7-13-3-1-2-4-14(13)12-22;/h1-6,11H,7-10,12H2,(H,20,21,23);1H. The van der Waals surface area contributed by atoms with E-state index < -0.39 is 5.76 Å². The number of nitrogens with zero attached hydrogens (tertiary/aromatic N) is 3. The molecule has 3 heterocycles. The highest BCUT2D eigenvalue weighted by Gasteiger charge is 2.15. The van der Waals surface area contributed by atoms with Crippen molar-refractivity contribution in [2.45, 2.75) is 13.0 Å². The first-order valence-electron chi connectivity index (χ1n) is 8.22. The van der Waals surface area contributed by atoms with E-state index in [2.05, 4.69) is 48.8 Å². The van der Waals surface area contributed by atoms with Crippen LogP contribution in [-0.4, -0.2) is 39.7 Å². The molecule has 0 saturated heterocycles. The van der Waals surface area contributed by atoms with Crippen LogP contribution in [0.5, 0.6) is 5.75 Å². The fourth-order valence-corrected chi connectivity index (χ4v) is 2.98. The Balaban J connectivity index is 0.00000196. The van der Waals surface area contributed by atoms with Gasteiger partial charge in [0.15, 0.2) is 0 Å². The molecule has 0 amide bonds. The van der Waals surface area contributed by atoms with Gasteiger partial charge in [-0.25, -0.2) is 9.78 Å². The fraction of sp³-hybridized carbons (Fsp3) is 0.278. The van der Waals surface area contributed by atoms with Gasteiger partial charge in [0.1, 0.15) is 18.1 Å². The minimum absolute atomic E-state index is 0. The number of rotatable bonds is 5. The average Bonchev–Trinajstić information content (AvgIpc) is 3.09. The van der Waals surface area contributed by atoms with Crippen molar-refractivity contribution in [3.05, 3.63) is 64.3 Å². The van der Waals surface area contributed by atoms with Crippen molar-refractivity contribution >= 4 is 12.4 Å². The molecule has 1 aromatic carbocycles. The third-order valence-corrected chi connectivity index (χ3v) is 4.31. The molecule has 0 unspecified atom stereocenters. The van der Waals surface area contributed by atoms with Gasteiger partial charge in [-0.05, 0) is 29.7 Å². The molecule has 7 nitrogen and oxygen atoms in total. The van der Waals surface area contributed by atoms with Crippen LogP contribution >= 0.6 is 12.4 Å². The van der Waals surface area contributed by atoms with Crippen LogP contribution in [0.2, 0.25) is 0 Å². The number of ether oxygens (including phenoxy) is 1. The first-order valence-corrected chi connectivity index (χ1v) is 8.22. The summed E-state index contributed by atoms with van der Waals surface area (Å²) in [4.78, 5) is 20.0. The number of halogens is 1. The molecule has 0 radical (unpaired) electrons. The zero-order chi connectivity index (χ0) is 17.1. The first kappa shape index (κ1) is 18.2. The number of H-pyrrole nitrogens is 1. The summed E-state index contributed by atoms with van der Waals surface area (Å²) in [5.74, 6) is 0.399. The summed E-state index contributed by atoms with van der Waals surface area (Å²) in [6.45, 7) is 3.49. The molecule has 1 aliphatic heterocycles. The van der Waals surface area contributed by atoms with Crippen LogP contribution in [0.25, 0.3) is 11.5 Å². The zero-order valence-electron chi connectivity index (χ0n) is 14.1. The van der Waals surface area contributed by atoms with Crippen LogP contribution in [-0.2, 0) is 13.0 Å². The molecule has 0 aliphatic carbocycles. The Hall–Kier alpha value is -2.64. The Morgan fingerprint density at radius 3 is 2.77 bits per heavy atom. The molecular weight excluding hydrogens is 356 g/mol. The Bertz CT molecular complexity index is 907. The fourth-order valence-electron chi connectivity index (χ4n) is 2.98. The van der Waals surface area contributed by atoms with Crippen molar-refractivity contribution in [2.24, 2.45) is 0 Å². The van der Waals surface area contributed by atoms with E-state index in [1.165, 1.54) is 11.1 Å². The predicted octanol–water partition coefficient (Wildman–Crippen LogP) is 2.28. The molecule has 0 saturated carbocycles. The van der Waals surface area contributed by atoms with E-state index in [0.29, 0.717) is 23.9 Å². The molecule has 0 bridgehead atoms. The van der Waals surface area contributed by atoms with E-state index >= 15 is 0 Å². The number of hydrogen-bond acceptors (Lipinski definition) is 6. The zero-order valence-corrected chi connectivity index (χ0v) is 14.9. The molecule has 1 N–H and O–H groups in total. The number of fused-ring (bicyclic) bond motifs is 1. The van der Waals surface area contributed by atoms with E-state index in [-0.39, 0.29) is 12.4 Å². The molecule has 4 rings (SSSR count). The van der Waals surface area contributed by atoms with Gasteiger partial charge in [0.05, 0.1) is 6.20 Å². The molecule has 8 heteroatoms. The van der Waals surface area contributed by atoms with Crippen LogP contribution in [0, 0.1) is 0 Å². The van der Waals surface area contributed by atoms with Crippen LogP contribution in [0.15, 0.2) is 51.9 Å². The molecule has 0 atom stereocenters. The van der Waals surface area contributed by atoms with Crippen molar-refractivity contribution in [3.63, 3.8) is 0 Å². The number of aromatic amines is 1. The number of hydrogen-bond donors (Lipinski definition) is 1. The molecule has 1 aliphatic rings. The van der Waals surface area contributed by atoms with Gasteiger partial charge in [-0.3, -0.25) is 14.4 Å². The summed E-state index contributed by atoms with van der Waals surface area (Å²) in [6.07, 6.45) is 2.70. The Kier molecular flexibility index (Phi) is 5.70. The average molecular weight is 375 g/mol. The highest BCUT2D eigenvalue weighted by atomic mass is 35.5. The van der Waals surface area contributed by atoms with E-state index in [9.17, 15) is 4.79 Å². The summed E-state index contributed by atoms with van der Waals surface area (Å²) < 4.78 is 10.2. The molecule has 2 aromatic heterocycles. The summed E-state index contributed by atoms with van der Waals surface area (Å²) in [6, 6.07) is 12.1. The van der Waals surface area contributed by atoms with Crippen LogP contribution < -0.4 is 10.5 Å².